The molecule has 84 valence electrons. The number of aromatic nitrogens is 2. The number of nitrogens with one attached hydrogen (secondary N) is 1. The van der Waals surface area contributed by atoms with Gasteiger partial charge in [-0.1, -0.05) is 6.92 Å². The standard InChI is InChI=1S/C10H16IN3O/c1-7(4-12-3)5-14-6-13-8(2)9(11)10(14)15/h6-7,12H,4-5H2,1-3H3. The highest BCUT2D eigenvalue weighted by Crippen LogP contribution is 2.03. The molecular weight excluding hydrogens is 305 g/mol. The molecule has 0 aliphatic carbocycles. The van der Waals surface area contributed by atoms with Crippen LogP contribution in [0.25, 0.3) is 0 Å². The van der Waals surface area contributed by atoms with E-state index in [-0.39, 0.29) is 5.56 Å². The molecule has 0 amide bonds. The van der Waals surface area contributed by atoms with Crippen molar-refractivity contribution in [1.29, 1.82) is 0 Å². The Kier molecular flexibility index (Phi) is 4.72. The van der Waals surface area contributed by atoms with Crippen LogP contribution in [0.15, 0.2) is 11.1 Å². The fourth-order valence-corrected chi connectivity index (χ4v) is 1.87. The van der Waals surface area contributed by atoms with E-state index in [1.807, 2.05) is 14.0 Å². The molecule has 0 spiro atoms. The first-order chi connectivity index (χ1) is 7.06. The van der Waals surface area contributed by atoms with Gasteiger partial charge in [-0.2, -0.15) is 0 Å². The van der Waals surface area contributed by atoms with E-state index in [9.17, 15) is 4.79 Å². The lowest BCUT2D eigenvalue weighted by Gasteiger charge is -2.13. The molecule has 0 aliphatic heterocycles. The van der Waals surface area contributed by atoms with Crippen molar-refractivity contribution >= 4 is 22.6 Å². The van der Waals surface area contributed by atoms with Gasteiger partial charge < -0.3 is 5.32 Å². The van der Waals surface area contributed by atoms with E-state index in [4.69, 9.17) is 0 Å². The van der Waals surface area contributed by atoms with E-state index >= 15 is 0 Å². The molecule has 0 aliphatic rings. The number of hydrogen-bond acceptors (Lipinski definition) is 3. The highest BCUT2D eigenvalue weighted by atomic mass is 127. The van der Waals surface area contributed by atoms with Crippen LogP contribution in [0.3, 0.4) is 0 Å². The highest BCUT2D eigenvalue weighted by molar-refractivity contribution is 14.1. The van der Waals surface area contributed by atoms with Crippen LogP contribution in [0.5, 0.6) is 0 Å². The van der Waals surface area contributed by atoms with Crippen molar-refractivity contribution in [3.05, 3.63) is 25.9 Å². The summed E-state index contributed by atoms with van der Waals surface area (Å²) in [5.74, 6) is 0.424. The number of halogens is 1. The molecule has 1 unspecified atom stereocenters. The van der Waals surface area contributed by atoms with Crippen molar-refractivity contribution in [2.45, 2.75) is 20.4 Å². The predicted octanol–water partition coefficient (Wildman–Crippen LogP) is 1.01. The normalized spacial score (nSPS) is 12.8. The molecule has 5 heteroatoms. The predicted molar refractivity (Wildman–Crippen MR) is 69.0 cm³/mol. The Balaban J connectivity index is 2.87. The van der Waals surface area contributed by atoms with Gasteiger partial charge in [0.2, 0.25) is 0 Å². The quantitative estimate of drug-likeness (QED) is 0.842. The lowest BCUT2D eigenvalue weighted by atomic mass is 10.2. The van der Waals surface area contributed by atoms with Crippen LogP contribution in [0.1, 0.15) is 12.6 Å². The van der Waals surface area contributed by atoms with Crippen LogP contribution in [0, 0.1) is 16.4 Å². The molecule has 0 radical (unpaired) electrons. The maximum absolute atomic E-state index is 11.8. The van der Waals surface area contributed by atoms with Gasteiger partial charge >= 0.3 is 0 Å². The second-order valence-corrected chi connectivity index (χ2v) is 4.84. The van der Waals surface area contributed by atoms with E-state index in [0.717, 1.165) is 12.2 Å². The first-order valence-corrected chi connectivity index (χ1v) is 6.00. The average Bonchev–Trinajstić information content (AvgIpc) is 2.20. The third-order valence-electron chi connectivity index (χ3n) is 2.22. The molecule has 1 atom stereocenters. The molecule has 1 aromatic heterocycles. The van der Waals surface area contributed by atoms with E-state index in [1.165, 1.54) is 0 Å². The Morgan fingerprint density at radius 2 is 2.33 bits per heavy atom. The smallest absolute Gasteiger partial charge is 0.267 e. The molecule has 0 aromatic carbocycles. The van der Waals surface area contributed by atoms with Gasteiger partial charge in [-0.05, 0) is 49.0 Å². The van der Waals surface area contributed by atoms with E-state index in [1.54, 1.807) is 10.9 Å². The summed E-state index contributed by atoms with van der Waals surface area (Å²) in [6, 6.07) is 0. The van der Waals surface area contributed by atoms with E-state index in [0.29, 0.717) is 16.0 Å². The van der Waals surface area contributed by atoms with E-state index < -0.39 is 0 Å². The molecule has 0 fully saturated rings. The van der Waals surface area contributed by atoms with Crippen LogP contribution >= 0.6 is 22.6 Å². The van der Waals surface area contributed by atoms with Crippen molar-refractivity contribution < 1.29 is 0 Å². The minimum Gasteiger partial charge on any atom is -0.319 e. The zero-order valence-electron chi connectivity index (χ0n) is 9.25. The molecule has 0 saturated carbocycles. The number of nitrogens with zero attached hydrogens (tertiary/aromatic N) is 2. The third-order valence-corrected chi connectivity index (χ3v) is 3.46. The maximum atomic E-state index is 11.8. The summed E-state index contributed by atoms with van der Waals surface area (Å²) in [5, 5.41) is 3.10. The first kappa shape index (κ1) is 12.6. The summed E-state index contributed by atoms with van der Waals surface area (Å²) in [6.07, 6.45) is 1.63. The van der Waals surface area contributed by atoms with Gasteiger partial charge in [0.25, 0.3) is 5.56 Å². The average molecular weight is 321 g/mol. The Morgan fingerprint density at radius 1 is 1.67 bits per heavy atom. The van der Waals surface area contributed by atoms with Gasteiger partial charge in [0.05, 0.1) is 15.6 Å². The van der Waals surface area contributed by atoms with Crippen LogP contribution in [-0.4, -0.2) is 23.1 Å². The third kappa shape index (κ3) is 3.27. The maximum Gasteiger partial charge on any atom is 0.267 e. The van der Waals surface area contributed by atoms with Gasteiger partial charge in [-0.3, -0.25) is 9.36 Å². The van der Waals surface area contributed by atoms with Crippen molar-refractivity contribution in [2.75, 3.05) is 13.6 Å². The highest BCUT2D eigenvalue weighted by Gasteiger charge is 2.08. The van der Waals surface area contributed by atoms with Crippen molar-refractivity contribution in [3.8, 4) is 0 Å². The van der Waals surface area contributed by atoms with Gasteiger partial charge in [0.15, 0.2) is 0 Å². The molecule has 1 heterocycles. The molecule has 1 N–H and O–H groups in total. The van der Waals surface area contributed by atoms with E-state index in [2.05, 4.69) is 39.8 Å². The number of aryl methyl sites for hydroxylation is 1. The van der Waals surface area contributed by atoms with Gasteiger partial charge in [-0.25, -0.2) is 4.98 Å². The Labute approximate surface area is 103 Å². The van der Waals surface area contributed by atoms with Crippen LogP contribution < -0.4 is 10.9 Å². The van der Waals surface area contributed by atoms with Gasteiger partial charge in [0.1, 0.15) is 0 Å². The minimum atomic E-state index is 0.0612. The summed E-state index contributed by atoms with van der Waals surface area (Å²) in [6.45, 7) is 5.57. The topological polar surface area (TPSA) is 46.9 Å². The molecule has 1 aromatic rings. The number of hydrogen-bond donors (Lipinski definition) is 1. The molecule has 15 heavy (non-hydrogen) atoms. The fourth-order valence-electron chi connectivity index (χ4n) is 1.43. The second-order valence-electron chi connectivity index (χ2n) is 3.76. The fraction of sp³-hybridized carbons (Fsp3) is 0.600. The minimum absolute atomic E-state index is 0.0612. The second kappa shape index (κ2) is 5.60. The lowest BCUT2D eigenvalue weighted by Crippen LogP contribution is -2.29. The van der Waals surface area contributed by atoms with Crippen LogP contribution in [0.2, 0.25) is 0 Å². The number of rotatable bonds is 4. The molecule has 0 bridgehead atoms. The van der Waals surface area contributed by atoms with Crippen LogP contribution in [0.4, 0.5) is 0 Å². The van der Waals surface area contributed by atoms with Gasteiger partial charge in [-0.15, -0.1) is 0 Å². The molecular formula is C10H16IN3O. The van der Waals surface area contributed by atoms with Gasteiger partial charge in [0, 0.05) is 6.54 Å². The van der Waals surface area contributed by atoms with Crippen LogP contribution in [-0.2, 0) is 6.54 Å². The zero-order chi connectivity index (χ0) is 11.4. The summed E-state index contributed by atoms with van der Waals surface area (Å²) in [4.78, 5) is 16.0. The molecule has 1 rings (SSSR count). The molecule has 0 saturated heterocycles. The summed E-state index contributed by atoms with van der Waals surface area (Å²) >= 11 is 2.05. The Morgan fingerprint density at radius 3 is 2.93 bits per heavy atom. The van der Waals surface area contributed by atoms with Crippen molar-refractivity contribution in [3.63, 3.8) is 0 Å². The Bertz CT molecular complexity index is 389. The lowest BCUT2D eigenvalue weighted by molar-refractivity contribution is 0.449. The largest absolute Gasteiger partial charge is 0.319 e. The zero-order valence-corrected chi connectivity index (χ0v) is 11.4. The van der Waals surface area contributed by atoms with Crippen molar-refractivity contribution in [1.82, 2.24) is 14.9 Å². The Hall–Kier alpha value is -0.430. The first-order valence-electron chi connectivity index (χ1n) is 4.92. The monoisotopic (exact) mass is 321 g/mol. The summed E-state index contributed by atoms with van der Waals surface area (Å²) < 4.78 is 2.39. The SMILES string of the molecule is CNCC(C)Cn1cnc(C)c(I)c1=O. The summed E-state index contributed by atoms with van der Waals surface area (Å²) in [7, 11) is 1.91. The van der Waals surface area contributed by atoms with Crippen molar-refractivity contribution in [2.24, 2.45) is 5.92 Å². The summed E-state index contributed by atoms with van der Waals surface area (Å²) in [5.41, 5.74) is 0.865. The molecule has 4 nitrogen and oxygen atoms in total.